The Morgan fingerprint density at radius 3 is 2.47 bits per heavy atom. The van der Waals surface area contributed by atoms with Gasteiger partial charge in [0.05, 0.1) is 27.4 Å². The lowest BCUT2D eigenvalue weighted by Gasteiger charge is -2.12. The topological polar surface area (TPSA) is 107 Å². The number of aromatic nitrogens is 2. The fourth-order valence-corrected chi connectivity index (χ4v) is 4.23. The fourth-order valence-electron chi connectivity index (χ4n) is 3.39. The van der Waals surface area contributed by atoms with Gasteiger partial charge >= 0.3 is 5.69 Å². The zero-order valence-corrected chi connectivity index (χ0v) is 16.9. The number of rotatable bonds is 4. The predicted molar refractivity (Wildman–Crippen MR) is 113 cm³/mol. The lowest BCUT2D eigenvalue weighted by atomic mass is 10.1. The molecule has 0 bridgehead atoms. The van der Waals surface area contributed by atoms with Gasteiger partial charge in [-0.05, 0) is 35.5 Å². The molecule has 0 radical (unpaired) electrons. The van der Waals surface area contributed by atoms with Gasteiger partial charge in [0.2, 0.25) is 0 Å². The van der Waals surface area contributed by atoms with Gasteiger partial charge in [-0.25, -0.2) is 4.79 Å². The Hall–Kier alpha value is -3.66. The van der Waals surface area contributed by atoms with Crippen molar-refractivity contribution in [2.45, 2.75) is 6.54 Å². The van der Waals surface area contributed by atoms with Crippen LogP contribution in [0.5, 0.6) is 0 Å². The van der Waals surface area contributed by atoms with Gasteiger partial charge in [0.15, 0.2) is 0 Å². The standard InChI is InChI=1S/C20H16N4O5S/c1-21-15-8-7-12(9-16(15)22(2)19(21)26)10-17-18(25)23(20(27)30-17)11-13-5-3-4-6-14(13)24(28)29/h3-10H,11H2,1-2H3/b17-10+. The molecule has 1 aliphatic rings. The van der Waals surface area contributed by atoms with Gasteiger partial charge in [0.1, 0.15) is 0 Å². The molecule has 0 atom stereocenters. The molecule has 1 aromatic heterocycles. The maximum absolute atomic E-state index is 12.8. The summed E-state index contributed by atoms with van der Waals surface area (Å²) in [5.41, 5.74) is 2.11. The van der Waals surface area contributed by atoms with Crippen LogP contribution >= 0.6 is 11.8 Å². The van der Waals surface area contributed by atoms with Gasteiger partial charge in [-0.1, -0.05) is 24.3 Å². The zero-order chi connectivity index (χ0) is 21.6. The first kappa shape index (κ1) is 19.6. The highest BCUT2D eigenvalue weighted by molar-refractivity contribution is 8.18. The van der Waals surface area contributed by atoms with Gasteiger partial charge in [0, 0.05) is 25.7 Å². The molecule has 1 saturated heterocycles. The molecule has 0 saturated carbocycles. The second-order valence-corrected chi connectivity index (χ2v) is 7.80. The lowest BCUT2D eigenvalue weighted by Crippen LogP contribution is -2.27. The van der Waals surface area contributed by atoms with Gasteiger partial charge in [-0.15, -0.1) is 0 Å². The first-order valence-electron chi connectivity index (χ1n) is 8.91. The summed E-state index contributed by atoms with van der Waals surface area (Å²) in [6, 6.07) is 11.3. The summed E-state index contributed by atoms with van der Waals surface area (Å²) >= 11 is 0.783. The number of benzene rings is 2. The van der Waals surface area contributed by atoms with Crippen molar-refractivity contribution in [3.05, 3.63) is 79.1 Å². The third kappa shape index (κ3) is 3.20. The summed E-state index contributed by atoms with van der Waals surface area (Å²) in [5.74, 6) is -0.509. The first-order valence-corrected chi connectivity index (χ1v) is 9.72. The molecule has 3 aromatic rings. The molecule has 0 aliphatic carbocycles. The number of imidazole rings is 1. The van der Waals surface area contributed by atoms with Crippen molar-refractivity contribution < 1.29 is 14.5 Å². The number of nitrogens with zero attached hydrogens (tertiary/aromatic N) is 4. The highest BCUT2D eigenvalue weighted by Crippen LogP contribution is 2.34. The van der Waals surface area contributed by atoms with E-state index < -0.39 is 16.1 Å². The van der Waals surface area contributed by atoms with E-state index in [0.717, 1.165) is 22.2 Å². The highest BCUT2D eigenvalue weighted by atomic mass is 32.2. The van der Waals surface area contributed by atoms with Crippen LogP contribution in [0.3, 0.4) is 0 Å². The van der Waals surface area contributed by atoms with Crippen molar-refractivity contribution in [1.29, 1.82) is 0 Å². The number of thioether (sulfide) groups is 1. The maximum atomic E-state index is 12.8. The smallest absolute Gasteiger partial charge is 0.295 e. The van der Waals surface area contributed by atoms with E-state index in [9.17, 15) is 24.5 Å². The van der Waals surface area contributed by atoms with Crippen LogP contribution in [0.4, 0.5) is 10.5 Å². The Bertz CT molecular complexity index is 1320. The fraction of sp³-hybridized carbons (Fsp3) is 0.150. The molecule has 1 aliphatic heterocycles. The normalized spacial score (nSPS) is 15.5. The number of nitro groups is 1. The Morgan fingerprint density at radius 2 is 1.73 bits per heavy atom. The maximum Gasteiger partial charge on any atom is 0.328 e. The van der Waals surface area contributed by atoms with Crippen molar-refractivity contribution in [2.24, 2.45) is 14.1 Å². The number of fused-ring (bicyclic) bond motifs is 1. The molecule has 152 valence electrons. The van der Waals surface area contributed by atoms with Crippen LogP contribution in [0, 0.1) is 10.1 Å². The Kier molecular flexibility index (Phi) is 4.78. The molecule has 9 nitrogen and oxygen atoms in total. The average molecular weight is 424 g/mol. The molecule has 0 N–H and O–H groups in total. The summed E-state index contributed by atoms with van der Waals surface area (Å²) in [6.07, 6.45) is 1.58. The monoisotopic (exact) mass is 424 g/mol. The lowest BCUT2D eigenvalue weighted by molar-refractivity contribution is -0.385. The molecule has 0 unspecified atom stereocenters. The van der Waals surface area contributed by atoms with E-state index in [4.69, 9.17) is 0 Å². The van der Waals surface area contributed by atoms with Crippen molar-refractivity contribution in [2.75, 3.05) is 0 Å². The number of nitro benzene ring substituents is 1. The number of carbonyl (C=O) groups excluding carboxylic acids is 2. The molecule has 0 spiro atoms. The summed E-state index contributed by atoms with van der Waals surface area (Å²) in [6.45, 7) is -0.175. The van der Waals surface area contributed by atoms with Crippen molar-refractivity contribution >= 4 is 45.7 Å². The largest absolute Gasteiger partial charge is 0.328 e. The van der Waals surface area contributed by atoms with Gasteiger partial charge in [-0.3, -0.25) is 33.7 Å². The summed E-state index contributed by atoms with van der Waals surface area (Å²) in [4.78, 5) is 49.1. The molecule has 2 amide bonds. The average Bonchev–Trinajstić information content (AvgIpc) is 3.10. The summed E-state index contributed by atoms with van der Waals surface area (Å²) < 4.78 is 3.03. The minimum Gasteiger partial charge on any atom is -0.295 e. The number of hydrogen-bond acceptors (Lipinski definition) is 6. The van der Waals surface area contributed by atoms with Crippen molar-refractivity contribution in [3.8, 4) is 0 Å². The second-order valence-electron chi connectivity index (χ2n) is 6.80. The van der Waals surface area contributed by atoms with Crippen LogP contribution in [-0.4, -0.2) is 30.1 Å². The van der Waals surface area contributed by atoms with E-state index in [1.807, 2.05) is 0 Å². The van der Waals surface area contributed by atoms with E-state index in [0.29, 0.717) is 11.1 Å². The Labute approximate surface area is 174 Å². The predicted octanol–water partition coefficient (Wildman–Crippen LogP) is 3.02. The van der Waals surface area contributed by atoms with E-state index in [2.05, 4.69) is 0 Å². The minimum absolute atomic E-state index is 0.143. The third-order valence-corrected chi connectivity index (χ3v) is 5.89. The number of imide groups is 1. The summed E-state index contributed by atoms with van der Waals surface area (Å²) in [5, 5.41) is 10.7. The quantitative estimate of drug-likeness (QED) is 0.362. The van der Waals surface area contributed by atoms with E-state index in [-0.39, 0.29) is 28.4 Å². The van der Waals surface area contributed by atoms with Crippen LogP contribution in [-0.2, 0) is 25.4 Å². The van der Waals surface area contributed by atoms with Crippen molar-refractivity contribution in [1.82, 2.24) is 14.0 Å². The van der Waals surface area contributed by atoms with E-state index in [1.165, 1.54) is 27.3 Å². The summed E-state index contributed by atoms with van der Waals surface area (Å²) in [7, 11) is 3.34. The zero-order valence-electron chi connectivity index (χ0n) is 16.1. The van der Waals surface area contributed by atoms with Crippen LogP contribution in [0.1, 0.15) is 11.1 Å². The van der Waals surface area contributed by atoms with Gasteiger partial charge in [0.25, 0.3) is 16.8 Å². The molecule has 2 aromatic carbocycles. The van der Waals surface area contributed by atoms with Crippen LogP contribution in [0.15, 0.2) is 52.2 Å². The number of amides is 2. The molecular weight excluding hydrogens is 408 g/mol. The first-order chi connectivity index (χ1) is 14.3. The van der Waals surface area contributed by atoms with Crippen LogP contribution in [0.25, 0.3) is 17.1 Å². The number of hydrogen-bond donors (Lipinski definition) is 0. The molecule has 4 rings (SSSR count). The van der Waals surface area contributed by atoms with Crippen molar-refractivity contribution in [3.63, 3.8) is 0 Å². The Balaban J connectivity index is 1.65. The molecule has 2 heterocycles. The van der Waals surface area contributed by atoms with E-state index in [1.54, 1.807) is 44.4 Å². The highest BCUT2D eigenvalue weighted by Gasteiger charge is 2.36. The van der Waals surface area contributed by atoms with Crippen LogP contribution < -0.4 is 5.69 Å². The SMILES string of the molecule is Cn1c(=O)n(C)c2cc(/C=C3/SC(=O)N(Cc4ccccc4[N+](=O)[O-])C3=O)ccc21. The van der Waals surface area contributed by atoms with Crippen LogP contribution in [0.2, 0.25) is 0 Å². The number of aryl methyl sites for hydroxylation is 2. The number of para-hydroxylation sites is 1. The third-order valence-electron chi connectivity index (χ3n) is 4.98. The Morgan fingerprint density at radius 1 is 1.03 bits per heavy atom. The van der Waals surface area contributed by atoms with E-state index >= 15 is 0 Å². The molecule has 1 fully saturated rings. The minimum atomic E-state index is -0.538. The van der Waals surface area contributed by atoms with Gasteiger partial charge < -0.3 is 0 Å². The van der Waals surface area contributed by atoms with Gasteiger partial charge in [-0.2, -0.15) is 0 Å². The number of carbonyl (C=O) groups is 2. The molecule has 10 heteroatoms. The molecular formula is C20H16N4O5S. The molecule has 30 heavy (non-hydrogen) atoms. The second kappa shape index (κ2) is 7.30.